The fraction of sp³-hybridized carbons (Fsp3) is 0.368. The van der Waals surface area contributed by atoms with E-state index in [1.165, 1.54) is 6.92 Å². The monoisotopic (exact) mass is 428 g/mol. The summed E-state index contributed by atoms with van der Waals surface area (Å²) in [6.45, 7) is 2.24. The minimum Gasteiger partial charge on any atom is -0.489 e. The van der Waals surface area contributed by atoms with Gasteiger partial charge in [0.25, 0.3) is 0 Å². The molecule has 1 fully saturated rings. The summed E-state index contributed by atoms with van der Waals surface area (Å²) in [5, 5.41) is 21.9. The summed E-state index contributed by atoms with van der Waals surface area (Å²) < 4.78 is 38.8. The molecule has 0 amide bonds. The maximum Gasteiger partial charge on any atom is 0.346 e. The van der Waals surface area contributed by atoms with Crippen molar-refractivity contribution >= 4 is 17.3 Å². The van der Waals surface area contributed by atoms with Crippen molar-refractivity contribution in [1.82, 2.24) is 4.90 Å². The van der Waals surface area contributed by atoms with Crippen LogP contribution in [0.4, 0.5) is 14.5 Å². The maximum absolute atomic E-state index is 13.9. The lowest BCUT2D eigenvalue weighted by Gasteiger charge is -2.30. The van der Waals surface area contributed by atoms with Gasteiger partial charge in [-0.25, -0.2) is 4.39 Å². The average molecular weight is 429 g/mol. The van der Waals surface area contributed by atoms with E-state index in [9.17, 15) is 24.0 Å². The van der Waals surface area contributed by atoms with E-state index in [1.807, 2.05) is 0 Å². The van der Waals surface area contributed by atoms with Gasteiger partial charge < -0.3 is 14.6 Å². The van der Waals surface area contributed by atoms with Crippen molar-refractivity contribution in [3.05, 3.63) is 63.2 Å². The van der Waals surface area contributed by atoms with Crippen molar-refractivity contribution in [2.75, 3.05) is 13.1 Å². The molecule has 1 aliphatic rings. The normalized spacial score (nSPS) is 19.0. The van der Waals surface area contributed by atoms with Crippen molar-refractivity contribution < 1.29 is 28.3 Å². The van der Waals surface area contributed by atoms with Crippen LogP contribution in [0.5, 0.6) is 11.5 Å². The minimum absolute atomic E-state index is 0.222. The molecule has 0 spiro atoms. The predicted molar refractivity (Wildman–Crippen MR) is 101 cm³/mol. The third-order valence-corrected chi connectivity index (χ3v) is 4.74. The second-order valence-corrected chi connectivity index (χ2v) is 7.15. The Bertz CT molecular complexity index is 882. The number of nitrogens with zero attached hydrogens (tertiary/aromatic N) is 2. The fourth-order valence-corrected chi connectivity index (χ4v) is 3.33. The summed E-state index contributed by atoms with van der Waals surface area (Å²) in [5.74, 6) is -2.32. The van der Waals surface area contributed by atoms with Gasteiger partial charge >= 0.3 is 5.69 Å². The van der Waals surface area contributed by atoms with Crippen LogP contribution in [-0.2, 0) is 0 Å². The van der Waals surface area contributed by atoms with Gasteiger partial charge in [0.2, 0.25) is 11.6 Å². The lowest BCUT2D eigenvalue weighted by Crippen LogP contribution is -2.46. The summed E-state index contributed by atoms with van der Waals surface area (Å²) in [5.41, 5.74) is -0.981. The number of nitro groups is 1. The molecule has 1 heterocycles. The van der Waals surface area contributed by atoms with Gasteiger partial charge in [-0.3, -0.25) is 15.0 Å². The van der Waals surface area contributed by atoms with Gasteiger partial charge in [0.1, 0.15) is 23.8 Å². The second-order valence-electron chi connectivity index (χ2n) is 6.72. The van der Waals surface area contributed by atoms with E-state index in [-0.39, 0.29) is 6.10 Å². The predicted octanol–water partition coefficient (Wildman–Crippen LogP) is 3.77. The molecule has 2 aromatic rings. The Morgan fingerprint density at radius 2 is 2.00 bits per heavy atom. The Morgan fingerprint density at radius 1 is 1.31 bits per heavy atom. The summed E-state index contributed by atoms with van der Waals surface area (Å²) in [7, 11) is 0. The molecule has 3 atom stereocenters. The molecular weight excluding hydrogens is 410 g/mol. The van der Waals surface area contributed by atoms with E-state index in [2.05, 4.69) is 0 Å². The van der Waals surface area contributed by atoms with Crippen molar-refractivity contribution in [2.45, 2.75) is 31.8 Å². The van der Waals surface area contributed by atoms with E-state index >= 15 is 0 Å². The molecule has 0 aromatic heterocycles. The highest BCUT2D eigenvalue weighted by Crippen LogP contribution is 2.33. The number of benzene rings is 2. The molecule has 2 aromatic carbocycles. The molecule has 1 N–H and O–H groups in total. The standard InChI is InChI=1S/C19H19ClF2N2O5/c1-11(25)19(29-17-9-13(21)8-16(22)18(17)24(26)27)23-7-6-15(10-23)28-14-4-2-12(20)3-5-14/h2-5,8-9,11,15,19,25H,6-7,10H2,1H3. The van der Waals surface area contributed by atoms with Gasteiger partial charge in [0, 0.05) is 30.2 Å². The zero-order valence-corrected chi connectivity index (χ0v) is 16.2. The van der Waals surface area contributed by atoms with Gasteiger partial charge in [-0.15, -0.1) is 0 Å². The summed E-state index contributed by atoms with van der Waals surface area (Å²) in [6, 6.07) is 7.99. The molecule has 0 aliphatic carbocycles. The molecule has 0 saturated carbocycles. The molecule has 1 saturated heterocycles. The van der Waals surface area contributed by atoms with Gasteiger partial charge in [-0.05, 0) is 37.6 Å². The van der Waals surface area contributed by atoms with E-state index in [0.29, 0.717) is 36.3 Å². The van der Waals surface area contributed by atoms with Crippen LogP contribution in [0.3, 0.4) is 0 Å². The molecule has 3 rings (SSSR count). The van der Waals surface area contributed by atoms with E-state index < -0.39 is 40.3 Å². The minimum atomic E-state index is -1.35. The van der Waals surface area contributed by atoms with Gasteiger partial charge in [-0.1, -0.05) is 11.6 Å². The third kappa shape index (κ3) is 5.11. The molecule has 156 valence electrons. The van der Waals surface area contributed by atoms with Crippen molar-refractivity contribution in [3.8, 4) is 11.5 Å². The topological polar surface area (TPSA) is 85.1 Å². The van der Waals surface area contributed by atoms with Crippen LogP contribution >= 0.6 is 11.6 Å². The second kappa shape index (κ2) is 8.89. The number of halogens is 3. The van der Waals surface area contributed by atoms with Crippen LogP contribution in [0.2, 0.25) is 5.02 Å². The number of hydrogen-bond acceptors (Lipinski definition) is 6. The molecule has 0 radical (unpaired) electrons. The Kier molecular flexibility index (Phi) is 6.51. The van der Waals surface area contributed by atoms with E-state index in [1.54, 1.807) is 29.2 Å². The van der Waals surface area contributed by atoms with Crippen LogP contribution in [0.1, 0.15) is 13.3 Å². The zero-order chi connectivity index (χ0) is 21.1. The zero-order valence-electron chi connectivity index (χ0n) is 15.4. The van der Waals surface area contributed by atoms with Gasteiger partial charge in [-0.2, -0.15) is 4.39 Å². The van der Waals surface area contributed by atoms with Crippen LogP contribution < -0.4 is 9.47 Å². The Labute approximate surface area is 170 Å². The molecule has 7 nitrogen and oxygen atoms in total. The first-order chi connectivity index (χ1) is 13.7. The van der Waals surface area contributed by atoms with Crippen LogP contribution in [0, 0.1) is 21.7 Å². The number of aliphatic hydroxyl groups excluding tert-OH is 1. The molecule has 1 aliphatic heterocycles. The highest BCUT2D eigenvalue weighted by molar-refractivity contribution is 6.30. The highest BCUT2D eigenvalue weighted by atomic mass is 35.5. The summed E-state index contributed by atoms with van der Waals surface area (Å²) >= 11 is 5.85. The first kappa shape index (κ1) is 21.2. The lowest BCUT2D eigenvalue weighted by atomic mass is 10.2. The van der Waals surface area contributed by atoms with Crippen molar-refractivity contribution in [3.63, 3.8) is 0 Å². The molecule has 29 heavy (non-hydrogen) atoms. The molecule has 10 heteroatoms. The van der Waals surface area contributed by atoms with Gasteiger partial charge in [0.15, 0.2) is 6.23 Å². The number of nitro benzene ring substituents is 1. The maximum atomic E-state index is 13.9. The van der Waals surface area contributed by atoms with Crippen LogP contribution in [0.25, 0.3) is 0 Å². The molecular formula is C19H19ClF2N2O5. The fourth-order valence-electron chi connectivity index (χ4n) is 3.20. The number of rotatable bonds is 7. The molecule has 3 unspecified atom stereocenters. The smallest absolute Gasteiger partial charge is 0.346 e. The average Bonchev–Trinajstić information content (AvgIpc) is 3.08. The number of aliphatic hydroxyl groups is 1. The number of hydrogen-bond donors (Lipinski definition) is 1. The molecule has 0 bridgehead atoms. The number of ether oxygens (including phenoxy) is 2. The summed E-state index contributed by atoms with van der Waals surface area (Å²) in [4.78, 5) is 11.9. The Hall–Kier alpha value is -2.49. The van der Waals surface area contributed by atoms with Crippen LogP contribution in [0.15, 0.2) is 36.4 Å². The first-order valence-corrected chi connectivity index (χ1v) is 9.27. The quantitative estimate of drug-likeness (QED) is 0.534. The van der Waals surface area contributed by atoms with Crippen LogP contribution in [-0.4, -0.2) is 46.5 Å². The van der Waals surface area contributed by atoms with Crippen molar-refractivity contribution in [2.24, 2.45) is 0 Å². The van der Waals surface area contributed by atoms with Gasteiger partial charge in [0.05, 0.1) is 4.92 Å². The van der Waals surface area contributed by atoms with Crippen molar-refractivity contribution in [1.29, 1.82) is 0 Å². The van der Waals surface area contributed by atoms with E-state index in [0.717, 1.165) is 6.07 Å². The number of likely N-dealkylation sites (tertiary alicyclic amines) is 1. The van der Waals surface area contributed by atoms with E-state index in [4.69, 9.17) is 21.1 Å². The SMILES string of the molecule is CC(O)C(Oc1cc(F)cc(F)c1[N+](=O)[O-])N1CCC(Oc2ccc(Cl)cc2)C1. The largest absolute Gasteiger partial charge is 0.489 e. The third-order valence-electron chi connectivity index (χ3n) is 4.49. The lowest BCUT2D eigenvalue weighted by molar-refractivity contribution is -0.389. The Balaban J connectivity index is 1.74. The highest BCUT2D eigenvalue weighted by Gasteiger charge is 2.35. The summed E-state index contributed by atoms with van der Waals surface area (Å²) in [6.07, 6.45) is -1.75. The first-order valence-electron chi connectivity index (χ1n) is 8.89. The Morgan fingerprint density at radius 3 is 2.62 bits per heavy atom.